The Morgan fingerprint density at radius 1 is 1.12 bits per heavy atom. The van der Waals surface area contributed by atoms with Crippen molar-refractivity contribution in [2.45, 2.75) is 0 Å². The fourth-order valence-corrected chi connectivity index (χ4v) is 1.20. The van der Waals surface area contributed by atoms with Crippen molar-refractivity contribution in [1.82, 2.24) is 0 Å². The van der Waals surface area contributed by atoms with Gasteiger partial charge in [-0.05, 0) is 18.2 Å². The molecule has 17 heavy (non-hydrogen) atoms. The fraction of sp³-hybridized carbons (Fsp3) is 0.273. The van der Waals surface area contributed by atoms with E-state index in [0.29, 0.717) is 11.4 Å². The first-order chi connectivity index (χ1) is 8.12. The maximum Gasteiger partial charge on any atom is 0.411 e. The molecule has 0 radical (unpaired) electrons. The molecule has 1 rings (SSSR count). The molecule has 6 heteroatoms. The van der Waals surface area contributed by atoms with Gasteiger partial charge in [-0.2, -0.15) is 0 Å². The minimum Gasteiger partial charge on any atom is -0.497 e. The molecule has 1 aromatic rings. The molecule has 0 saturated carbocycles. The highest BCUT2D eigenvalue weighted by molar-refractivity contribution is 6.00. The number of carbonyl (C=O) groups is 2. The van der Waals surface area contributed by atoms with E-state index < -0.39 is 12.1 Å². The summed E-state index contributed by atoms with van der Waals surface area (Å²) >= 11 is 0. The third-order valence-electron chi connectivity index (χ3n) is 2.05. The molecule has 1 N–H and O–H groups in total. The van der Waals surface area contributed by atoms with E-state index >= 15 is 0 Å². The summed E-state index contributed by atoms with van der Waals surface area (Å²) in [6.45, 7) is 0. The van der Waals surface area contributed by atoms with E-state index in [9.17, 15) is 9.59 Å². The number of nitrogens with one attached hydrogen (secondary N) is 1. The van der Waals surface area contributed by atoms with E-state index in [2.05, 4.69) is 14.8 Å². The van der Waals surface area contributed by atoms with Crippen LogP contribution in [0.25, 0.3) is 0 Å². The van der Waals surface area contributed by atoms with Crippen LogP contribution in [0.3, 0.4) is 0 Å². The third-order valence-corrected chi connectivity index (χ3v) is 2.05. The van der Waals surface area contributed by atoms with E-state index in [1.54, 1.807) is 6.07 Å². The lowest BCUT2D eigenvalue weighted by atomic mass is 10.1. The van der Waals surface area contributed by atoms with Crippen LogP contribution in [-0.4, -0.2) is 33.4 Å². The first kappa shape index (κ1) is 12.8. The van der Waals surface area contributed by atoms with Crippen molar-refractivity contribution in [2.24, 2.45) is 0 Å². The molecule has 0 bridgehead atoms. The first-order valence-corrected chi connectivity index (χ1v) is 4.73. The number of benzene rings is 1. The highest BCUT2D eigenvalue weighted by atomic mass is 16.5. The molecule has 0 aromatic heterocycles. The van der Waals surface area contributed by atoms with E-state index in [1.807, 2.05) is 0 Å². The van der Waals surface area contributed by atoms with Crippen molar-refractivity contribution in [3.05, 3.63) is 23.8 Å². The zero-order valence-electron chi connectivity index (χ0n) is 9.77. The molecule has 0 aliphatic rings. The largest absolute Gasteiger partial charge is 0.497 e. The molecule has 0 atom stereocenters. The standard InChI is InChI=1S/C11H13NO5/c1-15-7-4-5-9(12-11(14)17-3)8(6-7)10(13)16-2/h4-6H,1-3H3,(H,12,14). The van der Waals surface area contributed by atoms with Gasteiger partial charge in [0.1, 0.15) is 5.75 Å². The molecule has 0 heterocycles. The van der Waals surface area contributed by atoms with E-state index in [1.165, 1.54) is 33.5 Å². The zero-order chi connectivity index (χ0) is 12.8. The number of rotatable bonds is 3. The number of amides is 1. The second-order valence-electron chi connectivity index (χ2n) is 3.02. The van der Waals surface area contributed by atoms with Gasteiger partial charge in [-0.15, -0.1) is 0 Å². The van der Waals surface area contributed by atoms with Gasteiger partial charge in [-0.1, -0.05) is 0 Å². The van der Waals surface area contributed by atoms with Crippen LogP contribution in [0.1, 0.15) is 10.4 Å². The number of hydrogen-bond donors (Lipinski definition) is 1. The summed E-state index contributed by atoms with van der Waals surface area (Å²) in [5, 5.41) is 2.41. The highest BCUT2D eigenvalue weighted by Crippen LogP contribution is 2.22. The van der Waals surface area contributed by atoms with Gasteiger partial charge in [0.2, 0.25) is 0 Å². The smallest absolute Gasteiger partial charge is 0.411 e. The predicted octanol–water partition coefficient (Wildman–Crippen LogP) is 1.66. The maximum atomic E-state index is 11.5. The number of hydrogen-bond acceptors (Lipinski definition) is 5. The van der Waals surface area contributed by atoms with Gasteiger partial charge in [0, 0.05) is 0 Å². The minimum absolute atomic E-state index is 0.192. The number of esters is 1. The monoisotopic (exact) mass is 239 g/mol. The molecule has 0 spiro atoms. The van der Waals surface area contributed by atoms with Gasteiger partial charge >= 0.3 is 12.1 Å². The SMILES string of the molecule is COC(=O)Nc1ccc(OC)cc1C(=O)OC. The van der Waals surface area contributed by atoms with Crippen LogP contribution in [0.2, 0.25) is 0 Å². The first-order valence-electron chi connectivity index (χ1n) is 4.73. The van der Waals surface area contributed by atoms with Gasteiger partial charge in [-0.3, -0.25) is 5.32 Å². The Kier molecular flexibility index (Phi) is 4.33. The zero-order valence-corrected chi connectivity index (χ0v) is 9.77. The lowest BCUT2D eigenvalue weighted by Crippen LogP contribution is -2.15. The van der Waals surface area contributed by atoms with Crippen molar-refractivity contribution < 1.29 is 23.8 Å². The third kappa shape index (κ3) is 3.10. The average molecular weight is 239 g/mol. The van der Waals surface area contributed by atoms with Crippen LogP contribution in [-0.2, 0) is 9.47 Å². The van der Waals surface area contributed by atoms with E-state index in [4.69, 9.17) is 4.74 Å². The van der Waals surface area contributed by atoms with Crippen LogP contribution < -0.4 is 10.1 Å². The Morgan fingerprint density at radius 2 is 1.82 bits per heavy atom. The summed E-state index contributed by atoms with van der Waals surface area (Å²) in [6, 6.07) is 4.61. The number of carbonyl (C=O) groups excluding carboxylic acids is 2. The molecule has 0 fully saturated rings. The summed E-state index contributed by atoms with van der Waals surface area (Å²) in [4.78, 5) is 22.6. The number of anilines is 1. The molecule has 0 aliphatic heterocycles. The Morgan fingerprint density at radius 3 is 2.35 bits per heavy atom. The lowest BCUT2D eigenvalue weighted by molar-refractivity contribution is 0.0601. The van der Waals surface area contributed by atoms with Crippen molar-refractivity contribution in [3.8, 4) is 5.75 Å². The summed E-state index contributed by atoms with van der Waals surface area (Å²) in [5.41, 5.74) is 0.488. The summed E-state index contributed by atoms with van der Waals surface area (Å²) in [5.74, 6) is -0.0869. The van der Waals surface area contributed by atoms with E-state index in [-0.39, 0.29) is 5.56 Å². The molecule has 92 valence electrons. The van der Waals surface area contributed by atoms with Gasteiger partial charge in [0.05, 0.1) is 32.6 Å². The molecular weight excluding hydrogens is 226 g/mol. The fourth-order valence-electron chi connectivity index (χ4n) is 1.20. The van der Waals surface area contributed by atoms with Crippen LogP contribution in [0, 0.1) is 0 Å². The second-order valence-corrected chi connectivity index (χ2v) is 3.02. The van der Waals surface area contributed by atoms with E-state index in [0.717, 1.165) is 0 Å². The van der Waals surface area contributed by atoms with Crippen LogP contribution >= 0.6 is 0 Å². The molecule has 6 nitrogen and oxygen atoms in total. The molecule has 1 amide bonds. The van der Waals surface area contributed by atoms with Crippen LogP contribution in [0.5, 0.6) is 5.75 Å². The summed E-state index contributed by atoms with van der Waals surface area (Å²) < 4.78 is 14.0. The molecule has 1 aromatic carbocycles. The molecule has 0 saturated heterocycles. The topological polar surface area (TPSA) is 73.9 Å². The Hall–Kier alpha value is -2.24. The predicted molar refractivity (Wildman–Crippen MR) is 60.4 cm³/mol. The quantitative estimate of drug-likeness (QED) is 0.812. The molecule has 0 aliphatic carbocycles. The van der Waals surface area contributed by atoms with Gasteiger partial charge < -0.3 is 14.2 Å². The van der Waals surface area contributed by atoms with Crippen LogP contribution in [0.15, 0.2) is 18.2 Å². The highest BCUT2D eigenvalue weighted by Gasteiger charge is 2.15. The van der Waals surface area contributed by atoms with Crippen molar-refractivity contribution in [2.75, 3.05) is 26.6 Å². The Balaban J connectivity index is 3.10. The number of ether oxygens (including phenoxy) is 3. The summed E-state index contributed by atoms with van der Waals surface area (Å²) in [6.07, 6.45) is -0.666. The average Bonchev–Trinajstić information content (AvgIpc) is 2.38. The minimum atomic E-state index is -0.666. The van der Waals surface area contributed by atoms with Crippen molar-refractivity contribution in [3.63, 3.8) is 0 Å². The normalized spacial score (nSPS) is 9.35. The molecule has 0 unspecified atom stereocenters. The Bertz CT molecular complexity index is 430. The maximum absolute atomic E-state index is 11.5. The lowest BCUT2D eigenvalue weighted by Gasteiger charge is -2.10. The molecular formula is C11H13NO5. The van der Waals surface area contributed by atoms with Crippen LogP contribution in [0.4, 0.5) is 10.5 Å². The van der Waals surface area contributed by atoms with Crippen molar-refractivity contribution >= 4 is 17.7 Å². The number of methoxy groups -OCH3 is 3. The van der Waals surface area contributed by atoms with Gasteiger partial charge in [0.15, 0.2) is 0 Å². The Labute approximate surface area is 98.5 Å². The second kappa shape index (κ2) is 5.74. The van der Waals surface area contributed by atoms with Crippen molar-refractivity contribution in [1.29, 1.82) is 0 Å². The van der Waals surface area contributed by atoms with Gasteiger partial charge in [-0.25, -0.2) is 9.59 Å². The van der Waals surface area contributed by atoms with Gasteiger partial charge in [0.25, 0.3) is 0 Å². The summed E-state index contributed by atoms with van der Waals surface area (Å²) in [7, 11) is 3.96.